The van der Waals surface area contributed by atoms with Gasteiger partial charge in [-0.15, -0.1) is 0 Å². The minimum atomic E-state index is -0.365. The molecule has 0 aliphatic rings. The Hall–Kier alpha value is -1.56. The first-order chi connectivity index (χ1) is 8.95. The third kappa shape index (κ3) is 2.45. The molecule has 5 nitrogen and oxygen atoms in total. The summed E-state index contributed by atoms with van der Waals surface area (Å²) in [5, 5.41) is 0. The summed E-state index contributed by atoms with van der Waals surface area (Å²) >= 11 is 3.40. The van der Waals surface area contributed by atoms with Gasteiger partial charge in [-0.1, -0.05) is 15.9 Å². The molecule has 19 heavy (non-hydrogen) atoms. The summed E-state index contributed by atoms with van der Waals surface area (Å²) in [5.41, 5.74) is 7.60. The summed E-state index contributed by atoms with van der Waals surface area (Å²) in [4.78, 5) is 18.2. The van der Waals surface area contributed by atoms with E-state index in [4.69, 9.17) is 5.73 Å². The Morgan fingerprint density at radius 1 is 1.58 bits per heavy atom. The lowest BCUT2D eigenvalue weighted by atomic mass is 10.2. The number of nitrogen functional groups attached to an aromatic ring is 1. The summed E-state index contributed by atoms with van der Waals surface area (Å²) < 4.78 is 2.71. The molecule has 0 aliphatic heterocycles. The number of rotatable bonds is 3. The highest BCUT2D eigenvalue weighted by Gasteiger charge is 2.22. The van der Waals surface area contributed by atoms with Crippen LogP contribution in [0.1, 0.15) is 19.9 Å². The molecule has 1 aromatic carbocycles. The van der Waals surface area contributed by atoms with Crippen molar-refractivity contribution in [1.82, 2.24) is 14.5 Å². The number of hydrogen-bond acceptors (Lipinski definition) is 3. The van der Waals surface area contributed by atoms with Crippen molar-refractivity contribution in [3.63, 3.8) is 0 Å². The molecule has 102 valence electrons. The SMILES string of the molecule is CCN(C)C(=O)C(C)n1c(N)nc2cc(Br)ccc21. The molecule has 1 heterocycles. The summed E-state index contributed by atoms with van der Waals surface area (Å²) in [7, 11) is 1.78. The van der Waals surface area contributed by atoms with Gasteiger partial charge in [0.2, 0.25) is 11.9 Å². The number of halogens is 1. The molecule has 2 aromatic rings. The van der Waals surface area contributed by atoms with Crippen LogP contribution in [0.15, 0.2) is 22.7 Å². The number of likely N-dealkylation sites (N-methyl/N-ethyl adjacent to an activating group) is 1. The molecular weight excluding hydrogens is 308 g/mol. The Balaban J connectivity index is 2.50. The zero-order valence-electron chi connectivity index (χ0n) is 11.2. The predicted molar refractivity (Wildman–Crippen MR) is 79.9 cm³/mol. The number of benzene rings is 1. The Morgan fingerprint density at radius 3 is 2.89 bits per heavy atom. The first-order valence-corrected chi connectivity index (χ1v) is 6.93. The van der Waals surface area contributed by atoms with E-state index in [1.165, 1.54) is 0 Å². The van der Waals surface area contributed by atoms with Crippen LogP contribution in [0.3, 0.4) is 0 Å². The van der Waals surface area contributed by atoms with E-state index in [-0.39, 0.29) is 11.9 Å². The molecule has 2 rings (SSSR count). The van der Waals surface area contributed by atoms with E-state index in [2.05, 4.69) is 20.9 Å². The van der Waals surface area contributed by atoms with E-state index in [9.17, 15) is 4.79 Å². The van der Waals surface area contributed by atoms with Gasteiger partial charge in [0.05, 0.1) is 11.0 Å². The molecule has 0 fully saturated rings. The number of aromatic nitrogens is 2. The number of anilines is 1. The standard InChI is InChI=1S/C13H17BrN4O/c1-4-17(3)12(19)8(2)18-11-6-5-9(14)7-10(11)16-13(18)15/h5-8H,4H2,1-3H3,(H2,15,16). The molecule has 0 saturated carbocycles. The van der Waals surface area contributed by atoms with Crippen molar-refractivity contribution < 1.29 is 4.79 Å². The van der Waals surface area contributed by atoms with Crippen LogP contribution in [0, 0.1) is 0 Å². The van der Waals surface area contributed by atoms with Crippen molar-refractivity contribution in [2.75, 3.05) is 19.3 Å². The number of hydrogen-bond donors (Lipinski definition) is 1. The van der Waals surface area contributed by atoms with Gasteiger partial charge in [-0.05, 0) is 32.0 Å². The number of fused-ring (bicyclic) bond motifs is 1. The van der Waals surface area contributed by atoms with Gasteiger partial charge in [0.1, 0.15) is 6.04 Å². The highest BCUT2D eigenvalue weighted by atomic mass is 79.9. The summed E-state index contributed by atoms with van der Waals surface area (Å²) in [6.07, 6.45) is 0. The molecule has 1 atom stereocenters. The second kappa shape index (κ2) is 5.21. The lowest BCUT2D eigenvalue weighted by molar-refractivity contribution is -0.132. The summed E-state index contributed by atoms with van der Waals surface area (Å²) in [6, 6.07) is 5.36. The van der Waals surface area contributed by atoms with Gasteiger partial charge in [0, 0.05) is 18.1 Å². The zero-order chi connectivity index (χ0) is 14.2. The highest BCUT2D eigenvalue weighted by molar-refractivity contribution is 9.10. The molecule has 1 aromatic heterocycles. The Kier molecular flexibility index (Phi) is 3.80. The van der Waals surface area contributed by atoms with Crippen LogP contribution in [0.4, 0.5) is 5.95 Å². The third-order valence-corrected chi connectivity index (χ3v) is 3.77. The molecular formula is C13H17BrN4O. The van der Waals surface area contributed by atoms with Crippen LogP contribution in [0.2, 0.25) is 0 Å². The molecule has 0 radical (unpaired) electrons. The van der Waals surface area contributed by atoms with Gasteiger partial charge < -0.3 is 10.6 Å². The van der Waals surface area contributed by atoms with Crippen LogP contribution < -0.4 is 5.73 Å². The van der Waals surface area contributed by atoms with Crippen molar-refractivity contribution in [3.8, 4) is 0 Å². The summed E-state index contributed by atoms with van der Waals surface area (Å²) in [5.74, 6) is 0.384. The average Bonchev–Trinajstić information content (AvgIpc) is 2.71. The minimum Gasteiger partial charge on any atom is -0.369 e. The normalized spacial score (nSPS) is 12.6. The minimum absolute atomic E-state index is 0.0245. The molecule has 1 unspecified atom stereocenters. The van der Waals surface area contributed by atoms with Crippen LogP contribution in [0.25, 0.3) is 11.0 Å². The molecule has 0 aliphatic carbocycles. The van der Waals surface area contributed by atoms with Gasteiger partial charge in [-0.25, -0.2) is 4.98 Å². The van der Waals surface area contributed by atoms with Crippen LogP contribution in [0.5, 0.6) is 0 Å². The van der Waals surface area contributed by atoms with E-state index < -0.39 is 0 Å². The zero-order valence-corrected chi connectivity index (χ0v) is 12.8. The number of carbonyl (C=O) groups excluding carboxylic acids is 1. The largest absolute Gasteiger partial charge is 0.369 e. The maximum Gasteiger partial charge on any atom is 0.245 e. The fourth-order valence-electron chi connectivity index (χ4n) is 2.08. The fraction of sp³-hybridized carbons (Fsp3) is 0.385. The van der Waals surface area contributed by atoms with E-state index >= 15 is 0 Å². The lowest BCUT2D eigenvalue weighted by Gasteiger charge is -2.21. The second-order valence-electron chi connectivity index (χ2n) is 4.50. The lowest BCUT2D eigenvalue weighted by Crippen LogP contribution is -2.33. The van der Waals surface area contributed by atoms with Crippen molar-refractivity contribution in [3.05, 3.63) is 22.7 Å². The molecule has 6 heteroatoms. The quantitative estimate of drug-likeness (QED) is 0.943. The van der Waals surface area contributed by atoms with Crippen LogP contribution in [-0.2, 0) is 4.79 Å². The van der Waals surface area contributed by atoms with Crippen molar-refractivity contribution in [2.24, 2.45) is 0 Å². The Morgan fingerprint density at radius 2 is 2.26 bits per heavy atom. The molecule has 1 amide bonds. The Labute approximate surface area is 120 Å². The van der Waals surface area contributed by atoms with Crippen molar-refractivity contribution in [2.45, 2.75) is 19.9 Å². The van der Waals surface area contributed by atoms with Gasteiger partial charge in [-0.2, -0.15) is 0 Å². The van der Waals surface area contributed by atoms with Crippen molar-refractivity contribution >= 4 is 38.8 Å². The topological polar surface area (TPSA) is 64.2 Å². The first kappa shape index (κ1) is 13.9. The van der Waals surface area contributed by atoms with E-state index in [0.29, 0.717) is 12.5 Å². The number of carbonyl (C=O) groups is 1. The summed E-state index contributed by atoms with van der Waals surface area (Å²) in [6.45, 7) is 4.45. The van der Waals surface area contributed by atoms with E-state index in [0.717, 1.165) is 15.5 Å². The smallest absolute Gasteiger partial charge is 0.245 e. The monoisotopic (exact) mass is 324 g/mol. The van der Waals surface area contributed by atoms with E-state index in [1.54, 1.807) is 16.5 Å². The fourth-order valence-corrected chi connectivity index (χ4v) is 2.43. The van der Waals surface area contributed by atoms with Gasteiger partial charge >= 0.3 is 0 Å². The molecule has 0 saturated heterocycles. The Bertz CT molecular complexity index is 622. The van der Waals surface area contributed by atoms with Gasteiger partial charge in [-0.3, -0.25) is 9.36 Å². The van der Waals surface area contributed by atoms with Gasteiger partial charge in [0.15, 0.2) is 0 Å². The molecule has 0 bridgehead atoms. The van der Waals surface area contributed by atoms with Gasteiger partial charge in [0.25, 0.3) is 0 Å². The average molecular weight is 325 g/mol. The number of amides is 1. The van der Waals surface area contributed by atoms with Crippen LogP contribution >= 0.6 is 15.9 Å². The van der Waals surface area contributed by atoms with Crippen molar-refractivity contribution in [1.29, 1.82) is 0 Å². The maximum atomic E-state index is 12.2. The predicted octanol–water partition coefficient (Wildman–Crippen LogP) is 2.42. The number of nitrogens with two attached hydrogens (primary N) is 1. The second-order valence-corrected chi connectivity index (χ2v) is 5.42. The first-order valence-electron chi connectivity index (χ1n) is 6.13. The maximum absolute atomic E-state index is 12.2. The van der Waals surface area contributed by atoms with E-state index in [1.807, 2.05) is 32.0 Å². The third-order valence-electron chi connectivity index (χ3n) is 3.27. The highest BCUT2D eigenvalue weighted by Crippen LogP contribution is 2.26. The number of imidazole rings is 1. The number of nitrogens with zero attached hydrogens (tertiary/aromatic N) is 3. The molecule has 2 N–H and O–H groups in total. The van der Waals surface area contributed by atoms with Crippen LogP contribution in [-0.4, -0.2) is 34.0 Å². The molecule has 0 spiro atoms.